The molecule has 0 saturated carbocycles. The Morgan fingerprint density at radius 3 is 2.42 bits per heavy atom. The van der Waals surface area contributed by atoms with Crippen molar-refractivity contribution in [1.82, 2.24) is 9.80 Å². The van der Waals surface area contributed by atoms with E-state index in [2.05, 4.69) is 6.92 Å². The molecule has 9 heteroatoms. The number of anilines is 1. The molecule has 0 bridgehead atoms. The normalized spacial score (nSPS) is 15.5. The van der Waals surface area contributed by atoms with Crippen molar-refractivity contribution in [3.8, 4) is 11.5 Å². The summed E-state index contributed by atoms with van der Waals surface area (Å²) in [7, 11) is 3.29. The van der Waals surface area contributed by atoms with Crippen molar-refractivity contribution in [3.05, 3.63) is 53.1 Å². The largest absolute Gasteiger partial charge is 0.496 e. The van der Waals surface area contributed by atoms with Crippen molar-refractivity contribution in [2.24, 2.45) is 0 Å². The van der Waals surface area contributed by atoms with Gasteiger partial charge in [-0.15, -0.1) is 0 Å². The van der Waals surface area contributed by atoms with Gasteiger partial charge in [0.2, 0.25) is 0 Å². The molecule has 2 saturated heterocycles. The van der Waals surface area contributed by atoms with E-state index in [1.165, 1.54) is 0 Å². The molecule has 0 spiro atoms. The molecule has 9 nitrogen and oxygen atoms in total. The first kappa shape index (κ1) is 29.5. The second-order valence-electron chi connectivity index (χ2n) is 10.3. The zero-order valence-electron chi connectivity index (χ0n) is 24.2. The predicted molar refractivity (Wildman–Crippen MR) is 154 cm³/mol. The summed E-state index contributed by atoms with van der Waals surface area (Å²) in [5, 5.41) is 0. The molecular formula is C31H43N3O6. The number of methoxy groups -OCH3 is 2. The number of carbonyl (C=O) groups excluding carboxylic acids is 2. The summed E-state index contributed by atoms with van der Waals surface area (Å²) in [4.78, 5) is 31.2. The van der Waals surface area contributed by atoms with Gasteiger partial charge in [-0.2, -0.15) is 0 Å². The topological polar surface area (TPSA) is 80.8 Å². The van der Waals surface area contributed by atoms with Crippen molar-refractivity contribution in [1.29, 1.82) is 0 Å². The second-order valence-corrected chi connectivity index (χ2v) is 10.3. The van der Waals surface area contributed by atoms with E-state index in [4.69, 9.17) is 18.9 Å². The lowest BCUT2D eigenvalue weighted by molar-refractivity contribution is 0.112. The minimum Gasteiger partial charge on any atom is -0.496 e. The smallest absolute Gasteiger partial charge is 0.409 e. The Bertz CT molecular complexity index is 1130. The number of hydrogen-bond donors (Lipinski definition) is 0. The maximum absolute atomic E-state index is 13.6. The number of hydrogen-bond acceptors (Lipinski definition) is 6. The number of unbranched alkanes of at least 4 members (excludes halogenated alkanes) is 1. The molecule has 3 amide bonds. The van der Waals surface area contributed by atoms with Gasteiger partial charge in [-0.3, -0.25) is 4.90 Å². The molecule has 2 heterocycles. The number of nitrogens with zero attached hydrogens (tertiary/aromatic N) is 3. The highest BCUT2D eigenvalue weighted by molar-refractivity contribution is 5.93. The first-order valence-corrected chi connectivity index (χ1v) is 14.4. The third-order valence-corrected chi connectivity index (χ3v) is 7.48. The first-order valence-electron chi connectivity index (χ1n) is 14.4. The van der Waals surface area contributed by atoms with Crippen molar-refractivity contribution in [3.63, 3.8) is 0 Å². The Hall–Kier alpha value is -3.46. The summed E-state index contributed by atoms with van der Waals surface area (Å²) < 4.78 is 22.5. The van der Waals surface area contributed by atoms with E-state index in [0.29, 0.717) is 45.9 Å². The molecule has 4 rings (SSSR count). The van der Waals surface area contributed by atoms with Crippen LogP contribution in [-0.4, -0.2) is 75.5 Å². The lowest BCUT2D eigenvalue weighted by Crippen LogP contribution is -2.49. The van der Waals surface area contributed by atoms with E-state index in [9.17, 15) is 9.59 Å². The molecule has 40 heavy (non-hydrogen) atoms. The van der Waals surface area contributed by atoms with Crippen molar-refractivity contribution < 1.29 is 28.5 Å². The molecule has 0 atom stereocenters. The fourth-order valence-electron chi connectivity index (χ4n) is 5.17. The number of amides is 3. The number of carbonyl (C=O) groups is 2. The van der Waals surface area contributed by atoms with Crippen LogP contribution >= 0.6 is 0 Å². The lowest BCUT2D eigenvalue weighted by atomic mass is 10.1. The minimum absolute atomic E-state index is 0.0331. The van der Waals surface area contributed by atoms with Gasteiger partial charge in [0.1, 0.15) is 11.5 Å². The highest BCUT2D eigenvalue weighted by Gasteiger charge is 2.28. The predicted octanol–water partition coefficient (Wildman–Crippen LogP) is 5.63. The molecule has 2 aromatic rings. The fourth-order valence-corrected chi connectivity index (χ4v) is 5.17. The van der Waals surface area contributed by atoms with Gasteiger partial charge < -0.3 is 28.7 Å². The molecule has 2 aliphatic rings. The monoisotopic (exact) mass is 553 g/mol. The summed E-state index contributed by atoms with van der Waals surface area (Å²) in [5.41, 5.74) is 3.74. The van der Waals surface area contributed by atoms with Gasteiger partial charge in [-0.1, -0.05) is 25.5 Å². The Labute approximate surface area is 237 Å². The van der Waals surface area contributed by atoms with Gasteiger partial charge in [0.15, 0.2) is 0 Å². The zero-order chi connectivity index (χ0) is 28.3. The number of rotatable bonds is 13. The molecule has 0 unspecified atom stereocenters. The summed E-state index contributed by atoms with van der Waals surface area (Å²) in [5.74, 6) is 1.49. The number of likely N-dealkylation sites (tertiary alicyclic amines) is 1. The highest BCUT2D eigenvalue weighted by Crippen LogP contribution is 2.30. The quantitative estimate of drug-likeness (QED) is 0.299. The summed E-state index contributed by atoms with van der Waals surface area (Å²) in [6.07, 6.45) is 5.41. The molecule has 218 valence electrons. The summed E-state index contributed by atoms with van der Waals surface area (Å²) in [6, 6.07) is 11.8. The van der Waals surface area contributed by atoms with Gasteiger partial charge in [-0.05, 0) is 55.5 Å². The van der Waals surface area contributed by atoms with E-state index in [-0.39, 0.29) is 12.1 Å². The Kier molecular flexibility index (Phi) is 10.9. The van der Waals surface area contributed by atoms with E-state index < -0.39 is 0 Å². The van der Waals surface area contributed by atoms with Crippen LogP contribution in [0.4, 0.5) is 15.3 Å². The van der Waals surface area contributed by atoms with Crippen LogP contribution in [-0.2, 0) is 29.0 Å². The van der Waals surface area contributed by atoms with E-state index >= 15 is 0 Å². The van der Waals surface area contributed by atoms with Gasteiger partial charge in [0.25, 0.3) is 0 Å². The minimum atomic E-state index is -0.234. The van der Waals surface area contributed by atoms with Crippen molar-refractivity contribution in [2.75, 3.05) is 58.5 Å². The number of ether oxygens (including phenoxy) is 4. The van der Waals surface area contributed by atoms with Crippen LogP contribution in [0.2, 0.25) is 0 Å². The van der Waals surface area contributed by atoms with Crippen molar-refractivity contribution in [2.45, 2.75) is 58.6 Å². The third-order valence-electron chi connectivity index (χ3n) is 7.48. The van der Waals surface area contributed by atoms with Crippen LogP contribution in [0, 0.1) is 0 Å². The molecule has 0 N–H and O–H groups in total. The van der Waals surface area contributed by atoms with Gasteiger partial charge in [-0.25, -0.2) is 9.59 Å². The van der Waals surface area contributed by atoms with Gasteiger partial charge >= 0.3 is 12.1 Å². The Morgan fingerprint density at radius 2 is 1.68 bits per heavy atom. The van der Waals surface area contributed by atoms with Crippen molar-refractivity contribution >= 4 is 17.8 Å². The zero-order valence-corrected chi connectivity index (χ0v) is 24.2. The number of urea groups is 1. The SMILES string of the molecule is CCCCOCc1cc(N2CCCN(Cc3ccc(CCOC(=O)N4CCCC4)cc3OC)C2=O)ccc1OC. The molecular weight excluding hydrogens is 510 g/mol. The van der Waals surface area contributed by atoms with E-state index in [0.717, 1.165) is 79.1 Å². The van der Waals surface area contributed by atoms with Gasteiger partial charge in [0, 0.05) is 56.0 Å². The van der Waals surface area contributed by atoms with Crippen LogP contribution in [0.25, 0.3) is 0 Å². The van der Waals surface area contributed by atoms with Crippen LogP contribution in [0.15, 0.2) is 36.4 Å². The van der Waals surface area contributed by atoms with Crippen LogP contribution in [0.5, 0.6) is 11.5 Å². The fraction of sp³-hybridized carbons (Fsp3) is 0.548. The van der Waals surface area contributed by atoms with Crippen LogP contribution in [0.3, 0.4) is 0 Å². The van der Waals surface area contributed by atoms with Gasteiger partial charge in [0.05, 0.1) is 34.0 Å². The Balaban J connectivity index is 1.38. The molecule has 2 fully saturated rings. The highest BCUT2D eigenvalue weighted by atomic mass is 16.6. The maximum atomic E-state index is 13.6. The maximum Gasteiger partial charge on any atom is 0.409 e. The summed E-state index contributed by atoms with van der Waals surface area (Å²) in [6.45, 7) is 6.95. The molecule has 0 aromatic heterocycles. The molecule has 2 aromatic carbocycles. The molecule has 2 aliphatic heterocycles. The van der Waals surface area contributed by atoms with Crippen LogP contribution in [0.1, 0.15) is 55.7 Å². The third kappa shape index (κ3) is 7.59. The molecule has 0 radical (unpaired) electrons. The standard InChI is InChI=1S/C31H43N3O6/c1-4-5-18-39-23-26-21-27(11-12-28(26)37-2)34-17-8-16-33(30(34)35)22-25-10-9-24(20-29(25)38-3)13-19-40-31(36)32-14-6-7-15-32/h9-12,20-21H,4-8,13-19,22-23H2,1-3H3. The average Bonchev–Trinajstić information content (AvgIpc) is 3.52. The average molecular weight is 554 g/mol. The second kappa shape index (κ2) is 14.8. The Morgan fingerprint density at radius 1 is 0.875 bits per heavy atom. The summed E-state index contributed by atoms with van der Waals surface area (Å²) >= 11 is 0. The number of benzene rings is 2. The van der Waals surface area contributed by atoms with Crippen LogP contribution < -0.4 is 14.4 Å². The lowest BCUT2D eigenvalue weighted by Gasteiger charge is -2.36. The van der Waals surface area contributed by atoms with E-state index in [1.807, 2.05) is 46.2 Å². The molecule has 0 aliphatic carbocycles. The van der Waals surface area contributed by atoms with E-state index in [1.54, 1.807) is 19.1 Å². The first-order chi connectivity index (χ1) is 19.5.